The van der Waals surface area contributed by atoms with Crippen LogP contribution in [0.3, 0.4) is 0 Å². The molecule has 0 fully saturated rings. The van der Waals surface area contributed by atoms with Gasteiger partial charge in [-0.2, -0.15) is 0 Å². The molecule has 0 atom stereocenters. The van der Waals surface area contributed by atoms with Crippen molar-refractivity contribution in [1.82, 2.24) is 0 Å². The van der Waals surface area contributed by atoms with Gasteiger partial charge in [0.15, 0.2) is 11.6 Å². The lowest BCUT2D eigenvalue weighted by molar-refractivity contribution is 0.0993. The molecule has 0 N–H and O–H groups in total. The fourth-order valence-electron chi connectivity index (χ4n) is 3.58. The highest BCUT2D eigenvalue weighted by Crippen LogP contribution is 2.30. The highest BCUT2D eigenvalue weighted by Gasteiger charge is 2.22. The molecular formula is C27H23FO4. The van der Waals surface area contributed by atoms with Crippen LogP contribution in [0.5, 0.6) is 11.5 Å². The highest BCUT2D eigenvalue weighted by atomic mass is 19.1. The second-order valence-corrected chi connectivity index (χ2v) is 7.53. The number of fused-ring (bicyclic) bond motifs is 1. The molecule has 3 aromatic carbocycles. The fraction of sp³-hybridized carbons (Fsp3) is 0.185. The zero-order chi connectivity index (χ0) is 22.3. The van der Waals surface area contributed by atoms with E-state index in [0.717, 1.165) is 28.9 Å². The van der Waals surface area contributed by atoms with Gasteiger partial charge in [0.05, 0.1) is 13.2 Å². The maximum atomic E-state index is 12.9. The summed E-state index contributed by atoms with van der Waals surface area (Å²) in [5, 5.41) is 0. The van der Waals surface area contributed by atoms with Crippen molar-refractivity contribution in [2.45, 2.75) is 19.3 Å². The molecule has 3 aromatic rings. The molecule has 32 heavy (non-hydrogen) atoms. The minimum Gasteiger partial charge on any atom is -0.493 e. The van der Waals surface area contributed by atoms with Crippen molar-refractivity contribution in [2.24, 2.45) is 0 Å². The van der Waals surface area contributed by atoms with Crippen molar-refractivity contribution in [1.29, 1.82) is 0 Å². The van der Waals surface area contributed by atoms with Crippen LogP contribution in [0.4, 0.5) is 4.39 Å². The number of ketones is 2. The van der Waals surface area contributed by atoms with Gasteiger partial charge in [-0.3, -0.25) is 9.59 Å². The molecule has 162 valence electrons. The quantitative estimate of drug-likeness (QED) is 0.248. The molecule has 0 bridgehead atoms. The molecule has 0 saturated heterocycles. The minimum atomic E-state index is -0.310. The molecule has 0 aromatic heterocycles. The van der Waals surface area contributed by atoms with Gasteiger partial charge in [0.2, 0.25) is 0 Å². The normalized spacial score (nSPS) is 12.7. The van der Waals surface area contributed by atoms with Gasteiger partial charge in [-0.1, -0.05) is 30.3 Å². The SMILES string of the molecule is O=C(/C=C/c1ccc(F)cc1)c1ccc(OCCCOc2cccc3c2CCC3=O)cc1. The molecule has 0 amide bonds. The molecule has 0 saturated carbocycles. The summed E-state index contributed by atoms with van der Waals surface area (Å²) in [4.78, 5) is 24.1. The van der Waals surface area contributed by atoms with Crippen LogP contribution in [0.1, 0.15) is 44.7 Å². The number of hydrogen-bond donors (Lipinski definition) is 0. The molecule has 1 aliphatic carbocycles. The van der Waals surface area contributed by atoms with Crippen molar-refractivity contribution in [3.8, 4) is 11.5 Å². The molecule has 1 aliphatic rings. The number of hydrogen-bond acceptors (Lipinski definition) is 4. The van der Waals surface area contributed by atoms with E-state index in [1.165, 1.54) is 18.2 Å². The number of carbonyl (C=O) groups is 2. The number of carbonyl (C=O) groups excluding carboxylic acids is 2. The summed E-state index contributed by atoms with van der Waals surface area (Å²) in [6.07, 6.45) is 5.11. The minimum absolute atomic E-state index is 0.136. The molecule has 0 radical (unpaired) electrons. The fourth-order valence-corrected chi connectivity index (χ4v) is 3.58. The summed E-state index contributed by atoms with van der Waals surface area (Å²) in [6, 6.07) is 18.5. The Morgan fingerprint density at radius 3 is 2.44 bits per heavy atom. The van der Waals surface area contributed by atoms with E-state index >= 15 is 0 Å². The first-order valence-corrected chi connectivity index (χ1v) is 10.6. The third-order valence-corrected chi connectivity index (χ3v) is 5.29. The summed E-state index contributed by atoms with van der Waals surface area (Å²) in [7, 11) is 0. The second-order valence-electron chi connectivity index (χ2n) is 7.53. The Labute approximate surface area is 186 Å². The molecule has 4 nitrogen and oxygen atoms in total. The molecule has 0 spiro atoms. The van der Waals surface area contributed by atoms with E-state index in [0.29, 0.717) is 37.4 Å². The van der Waals surface area contributed by atoms with Crippen LogP contribution in [-0.4, -0.2) is 24.8 Å². The maximum Gasteiger partial charge on any atom is 0.185 e. The Kier molecular flexibility index (Phi) is 6.75. The lowest BCUT2D eigenvalue weighted by atomic mass is 10.1. The first kappa shape index (κ1) is 21.5. The van der Waals surface area contributed by atoms with E-state index in [4.69, 9.17) is 9.47 Å². The molecular weight excluding hydrogens is 407 g/mol. The van der Waals surface area contributed by atoms with Gasteiger partial charge < -0.3 is 9.47 Å². The number of benzene rings is 3. The molecule has 0 unspecified atom stereocenters. The summed E-state index contributed by atoms with van der Waals surface area (Å²) in [6.45, 7) is 0.973. The van der Waals surface area contributed by atoms with Crippen LogP contribution in [0.25, 0.3) is 6.08 Å². The molecule has 5 heteroatoms. The number of allylic oxidation sites excluding steroid dienone is 1. The monoisotopic (exact) mass is 430 g/mol. The topological polar surface area (TPSA) is 52.6 Å². The van der Waals surface area contributed by atoms with Gasteiger partial charge in [-0.05, 0) is 60.5 Å². The van der Waals surface area contributed by atoms with Gasteiger partial charge in [0.25, 0.3) is 0 Å². The summed E-state index contributed by atoms with van der Waals surface area (Å²) >= 11 is 0. The number of Topliss-reactive ketones (excluding diaryl/α,β-unsaturated/α-hetero) is 1. The maximum absolute atomic E-state index is 12.9. The van der Waals surface area contributed by atoms with Gasteiger partial charge >= 0.3 is 0 Å². The highest BCUT2D eigenvalue weighted by molar-refractivity contribution is 6.06. The van der Waals surface area contributed by atoms with Gasteiger partial charge in [-0.15, -0.1) is 0 Å². The Bertz CT molecular complexity index is 1130. The van der Waals surface area contributed by atoms with Crippen LogP contribution in [0.2, 0.25) is 0 Å². The Morgan fingerprint density at radius 1 is 0.906 bits per heavy atom. The van der Waals surface area contributed by atoms with E-state index in [2.05, 4.69) is 0 Å². The molecule has 0 heterocycles. The van der Waals surface area contributed by atoms with Crippen LogP contribution in [0.15, 0.2) is 72.8 Å². The Balaban J connectivity index is 1.22. The molecule has 0 aliphatic heterocycles. The van der Waals surface area contributed by atoms with Crippen LogP contribution in [0, 0.1) is 5.82 Å². The van der Waals surface area contributed by atoms with Crippen molar-refractivity contribution < 1.29 is 23.5 Å². The number of rotatable bonds is 9. The van der Waals surface area contributed by atoms with Crippen LogP contribution in [-0.2, 0) is 6.42 Å². The van der Waals surface area contributed by atoms with Crippen molar-refractivity contribution >= 4 is 17.6 Å². The zero-order valence-electron chi connectivity index (χ0n) is 17.6. The third-order valence-electron chi connectivity index (χ3n) is 5.29. The smallest absolute Gasteiger partial charge is 0.185 e. The van der Waals surface area contributed by atoms with E-state index in [1.807, 2.05) is 18.2 Å². The van der Waals surface area contributed by atoms with Crippen molar-refractivity contribution in [3.05, 3.63) is 101 Å². The van der Waals surface area contributed by atoms with E-state index in [9.17, 15) is 14.0 Å². The third kappa shape index (κ3) is 5.30. The zero-order valence-corrected chi connectivity index (χ0v) is 17.6. The first-order chi connectivity index (χ1) is 15.6. The summed E-state index contributed by atoms with van der Waals surface area (Å²) < 4.78 is 24.5. The van der Waals surface area contributed by atoms with Crippen molar-refractivity contribution in [3.63, 3.8) is 0 Å². The van der Waals surface area contributed by atoms with E-state index < -0.39 is 0 Å². The van der Waals surface area contributed by atoms with Crippen molar-refractivity contribution in [2.75, 3.05) is 13.2 Å². The summed E-state index contributed by atoms with van der Waals surface area (Å²) in [5.41, 5.74) is 3.09. The Morgan fingerprint density at radius 2 is 1.66 bits per heavy atom. The largest absolute Gasteiger partial charge is 0.493 e. The van der Waals surface area contributed by atoms with Gasteiger partial charge in [0, 0.05) is 29.5 Å². The van der Waals surface area contributed by atoms with E-state index in [1.54, 1.807) is 42.5 Å². The lowest BCUT2D eigenvalue weighted by Gasteiger charge is -2.11. The summed E-state index contributed by atoms with van der Waals surface area (Å²) in [5.74, 6) is 1.20. The van der Waals surface area contributed by atoms with Gasteiger partial charge in [0.1, 0.15) is 17.3 Å². The van der Waals surface area contributed by atoms with Gasteiger partial charge in [-0.25, -0.2) is 4.39 Å². The predicted molar refractivity (Wildman–Crippen MR) is 121 cm³/mol. The van der Waals surface area contributed by atoms with Crippen LogP contribution < -0.4 is 9.47 Å². The standard InChI is InChI=1S/C27H23FO4/c28-21-10-5-19(6-11-21)7-15-25(29)20-8-12-22(13-9-20)31-17-2-18-32-27-4-1-3-23-24(27)14-16-26(23)30/h1,3-13,15H,2,14,16-18H2/b15-7+. The average Bonchev–Trinajstić information content (AvgIpc) is 3.20. The predicted octanol–water partition coefficient (Wildman–Crippen LogP) is 5.70. The lowest BCUT2D eigenvalue weighted by Crippen LogP contribution is -2.06. The van der Waals surface area contributed by atoms with Crippen LogP contribution >= 0.6 is 0 Å². The molecule has 4 rings (SSSR count). The van der Waals surface area contributed by atoms with E-state index in [-0.39, 0.29) is 17.4 Å². The average molecular weight is 430 g/mol. The number of ether oxygens (including phenoxy) is 2. The number of halogens is 1. The second kappa shape index (κ2) is 10.1. The first-order valence-electron chi connectivity index (χ1n) is 10.6. The Hall–Kier alpha value is -3.73.